The van der Waals surface area contributed by atoms with Crippen molar-refractivity contribution in [2.24, 2.45) is 9.98 Å². The van der Waals surface area contributed by atoms with E-state index in [1.54, 1.807) is 72.9 Å². The molecule has 4 aromatic carbocycles. The summed E-state index contributed by atoms with van der Waals surface area (Å²) in [7, 11) is -3.71. The maximum atomic E-state index is 13.0. The number of nitrogens with zero attached hydrogens (tertiary/aromatic N) is 2. The Balaban J connectivity index is 1.49. The first-order chi connectivity index (χ1) is 16.3. The van der Waals surface area contributed by atoms with E-state index >= 15 is 0 Å². The lowest BCUT2D eigenvalue weighted by Crippen LogP contribution is -2.01. The number of aromatic hydroxyl groups is 2. The van der Waals surface area contributed by atoms with E-state index in [0.29, 0.717) is 16.9 Å². The maximum Gasteiger partial charge on any atom is 0.206 e. The fourth-order valence-electron chi connectivity index (χ4n) is 3.09. The second-order valence-electron chi connectivity index (χ2n) is 7.31. The molecular formula is C26H19BrN2O4S. The Kier molecular flexibility index (Phi) is 6.90. The largest absolute Gasteiger partial charge is 0.508 e. The minimum atomic E-state index is -3.71. The number of phenols is 2. The summed E-state index contributed by atoms with van der Waals surface area (Å²) >= 11 is 3.35. The topological polar surface area (TPSA) is 99.3 Å². The Bertz CT molecular complexity index is 1480. The SMILES string of the molecule is O=S(=O)(c1ccc(N=Cc2cccc(O)c2)cc1)c1ccc(N=Cc2cc(Br)ccc2O)cc1. The molecule has 0 atom stereocenters. The van der Waals surface area contributed by atoms with Crippen LogP contribution in [0.15, 0.2) is 115 Å². The molecule has 0 aromatic heterocycles. The fourth-order valence-corrected chi connectivity index (χ4v) is 4.73. The summed E-state index contributed by atoms with van der Waals surface area (Å²) in [5.41, 5.74) is 2.41. The quantitative estimate of drug-likeness (QED) is 0.288. The second kappa shape index (κ2) is 10.0. The van der Waals surface area contributed by atoms with E-state index in [2.05, 4.69) is 25.9 Å². The van der Waals surface area contributed by atoms with Gasteiger partial charge in [-0.3, -0.25) is 9.98 Å². The third-order valence-electron chi connectivity index (χ3n) is 4.87. The van der Waals surface area contributed by atoms with Crippen LogP contribution >= 0.6 is 15.9 Å². The second-order valence-corrected chi connectivity index (χ2v) is 10.2. The van der Waals surface area contributed by atoms with E-state index in [1.807, 2.05) is 0 Å². The Morgan fingerprint density at radius 1 is 0.706 bits per heavy atom. The molecule has 0 aliphatic carbocycles. The third kappa shape index (κ3) is 5.59. The van der Waals surface area contributed by atoms with Gasteiger partial charge in [0.2, 0.25) is 9.84 Å². The summed E-state index contributed by atoms with van der Waals surface area (Å²) in [6.45, 7) is 0. The van der Waals surface area contributed by atoms with Gasteiger partial charge in [0.1, 0.15) is 11.5 Å². The van der Waals surface area contributed by atoms with Gasteiger partial charge in [0, 0.05) is 22.5 Å². The molecule has 0 spiro atoms. The number of aliphatic imine (C=N–C) groups is 2. The average molecular weight is 535 g/mol. The van der Waals surface area contributed by atoms with Crippen molar-refractivity contribution in [3.63, 3.8) is 0 Å². The summed E-state index contributed by atoms with van der Waals surface area (Å²) < 4.78 is 26.8. The van der Waals surface area contributed by atoms with Gasteiger partial charge in [-0.25, -0.2) is 8.42 Å². The number of hydrogen-bond acceptors (Lipinski definition) is 6. The minimum Gasteiger partial charge on any atom is -0.508 e. The van der Waals surface area contributed by atoms with Gasteiger partial charge in [-0.1, -0.05) is 28.1 Å². The standard InChI is InChI=1S/C26H19BrN2O4S/c27-20-4-13-26(31)19(15-20)17-29-22-7-11-25(12-8-22)34(32,33)24-9-5-21(6-10-24)28-16-18-2-1-3-23(30)14-18/h1-17,30-31H. The van der Waals surface area contributed by atoms with Crippen LogP contribution in [-0.2, 0) is 9.84 Å². The van der Waals surface area contributed by atoms with E-state index in [4.69, 9.17) is 0 Å². The van der Waals surface area contributed by atoms with Crippen LogP contribution in [0.3, 0.4) is 0 Å². The highest BCUT2D eigenvalue weighted by molar-refractivity contribution is 9.10. The molecule has 4 aromatic rings. The molecule has 0 aliphatic heterocycles. The van der Waals surface area contributed by atoms with Gasteiger partial charge >= 0.3 is 0 Å². The first-order valence-corrected chi connectivity index (χ1v) is 12.4. The van der Waals surface area contributed by atoms with Crippen LogP contribution < -0.4 is 0 Å². The summed E-state index contributed by atoms with van der Waals surface area (Å²) in [5.74, 6) is 0.245. The molecule has 0 heterocycles. The van der Waals surface area contributed by atoms with Crippen LogP contribution in [0.2, 0.25) is 0 Å². The molecule has 0 bridgehead atoms. The molecular weight excluding hydrogens is 516 g/mol. The van der Waals surface area contributed by atoms with Crippen molar-refractivity contribution < 1.29 is 18.6 Å². The van der Waals surface area contributed by atoms with Crippen molar-refractivity contribution in [2.75, 3.05) is 0 Å². The van der Waals surface area contributed by atoms with E-state index in [1.165, 1.54) is 30.5 Å². The highest BCUT2D eigenvalue weighted by Crippen LogP contribution is 2.26. The molecule has 0 aliphatic rings. The Morgan fingerprint density at radius 2 is 1.29 bits per heavy atom. The van der Waals surface area contributed by atoms with E-state index in [0.717, 1.165) is 10.0 Å². The van der Waals surface area contributed by atoms with Crippen molar-refractivity contribution in [2.45, 2.75) is 9.79 Å². The summed E-state index contributed by atoms with van der Waals surface area (Å²) in [6.07, 6.45) is 3.11. The molecule has 0 saturated carbocycles. The van der Waals surface area contributed by atoms with Crippen LogP contribution in [0.4, 0.5) is 11.4 Å². The highest BCUT2D eigenvalue weighted by Gasteiger charge is 2.17. The third-order valence-corrected chi connectivity index (χ3v) is 7.15. The molecule has 0 amide bonds. The van der Waals surface area contributed by atoms with Gasteiger partial charge in [0.15, 0.2) is 0 Å². The number of phenolic OH excluding ortho intramolecular Hbond substituents is 2. The van der Waals surface area contributed by atoms with E-state index in [9.17, 15) is 18.6 Å². The monoisotopic (exact) mass is 534 g/mol. The fraction of sp³-hybridized carbons (Fsp3) is 0. The van der Waals surface area contributed by atoms with Crippen molar-refractivity contribution in [3.8, 4) is 11.5 Å². The summed E-state index contributed by atoms with van der Waals surface area (Å²) in [4.78, 5) is 8.92. The van der Waals surface area contributed by atoms with E-state index in [-0.39, 0.29) is 21.3 Å². The predicted octanol–water partition coefficient (Wildman–Crippen LogP) is 6.19. The predicted molar refractivity (Wildman–Crippen MR) is 137 cm³/mol. The zero-order chi connectivity index (χ0) is 24.1. The van der Waals surface area contributed by atoms with Crippen molar-refractivity contribution >= 4 is 49.6 Å². The van der Waals surface area contributed by atoms with Gasteiger partial charge in [0.05, 0.1) is 21.2 Å². The first kappa shape index (κ1) is 23.4. The number of hydrogen-bond donors (Lipinski definition) is 2. The van der Waals surface area contributed by atoms with Crippen molar-refractivity contribution in [3.05, 3.63) is 107 Å². The first-order valence-electron chi connectivity index (χ1n) is 10.1. The molecule has 170 valence electrons. The van der Waals surface area contributed by atoms with Crippen LogP contribution in [0.5, 0.6) is 11.5 Å². The Morgan fingerprint density at radius 3 is 1.88 bits per heavy atom. The lowest BCUT2D eigenvalue weighted by molar-refractivity contribution is 0.474. The van der Waals surface area contributed by atoms with Gasteiger partial charge in [-0.05, 0) is 84.4 Å². The van der Waals surface area contributed by atoms with Gasteiger partial charge in [-0.2, -0.15) is 0 Å². The maximum absolute atomic E-state index is 13.0. The Labute approximate surface area is 205 Å². The molecule has 8 heteroatoms. The van der Waals surface area contributed by atoms with Gasteiger partial charge in [0.25, 0.3) is 0 Å². The van der Waals surface area contributed by atoms with Crippen LogP contribution in [0.25, 0.3) is 0 Å². The molecule has 0 fully saturated rings. The molecule has 6 nitrogen and oxygen atoms in total. The van der Waals surface area contributed by atoms with Gasteiger partial charge < -0.3 is 10.2 Å². The normalized spacial score (nSPS) is 11.9. The van der Waals surface area contributed by atoms with Crippen LogP contribution in [-0.4, -0.2) is 31.1 Å². The number of rotatable bonds is 6. The zero-order valence-electron chi connectivity index (χ0n) is 17.7. The molecule has 0 radical (unpaired) electrons. The molecule has 2 N–H and O–H groups in total. The zero-order valence-corrected chi connectivity index (χ0v) is 20.1. The van der Waals surface area contributed by atoms with Gasteiger partial charge in [-0.15, -0.1) is 0 Å². The van der Waals surface area contributed by atoms with Crippen molar-refractivity contribution in [1.29, 1.82) is 0 Å². The Hall–Kier alpha value is -3.75. The summed E-state index contributed by atoms with van der Waals surface area (Å²) in [6, 6.07) is 24.1. The van der Waals surface area contributed by atoms with Crippen LogP contribution in [0.1, 0.15) is 11.1 Å². The smallest absolute Gasteiger partial charge is 0.206 e. The minimum absolute atomic E-state index is 0.0980. The average Bonchev–Trinajstić information content (AvgIpc) is 2.84. The number of benzene rings is 4. The lowest BCUT2D eigenvalue weighted by Gasteiger charge is -2.06. The molecule has 0 unspecified atom stereocenters. The van der Waals surface area contributed by atoms with Crippen LogP contribution in [0, 0.1) is 0 Å². The number of sulfone groups is 1. The molecule has 34 heavy (non-hydrogen) atoms. The van der Waals surface area contributed by atoms with E-state index < -0.39 is 9.84 Å². The highest BCUT2D eigenvalue weighted by atomic mass is 79.9. The molecule has 4 rings (SSSR count). The molecule has 0 saturated heterocycles. The summed E-state index contributed by atoms with van der Waals surface area (Å²) in [5, 5.41) is 19.4. The lowest BCUT2D eigenvalue weighted by atomic mass is 10.2. The number of halogens is 1. The van der Waals surface area contributed by atoms with Crippen molar-refractivity contribution in [1.82, 2.24) is 0 Å².